The lowest BCUT2D eigenvalue weighted by molar-refractivity contribution is -0.119. The molecule has 28 heavy (non-hydrogen) atoms. The number of aryl methyl sites for hydroxylation is 3. The number of hydrogen-bond donors (Lipinski definition) is 0. The molecule has 1 aromatic carbocycles. The van der Waals surface area contributed by atoms with Crippen LogP contribution in [0.3, 0.4) is 0 Å². The summed E-state index contributed by atoms with van der Waals surface area (Å²) in [6, 6.07) is 9.78. The average Bonchev–Trinajstić information content (AvgIpc) is 3.35. The number of anilines is 1. The number of carbonyl (C=O) groups excluding carboxylic acids is 1. The van der Waals surface area contributed by atoms with E-state index in [1.807, 2.05) is 61.5 Å². The monoisotopic (exact) mass is 379 g/mol. The second-order valence-electron chi connectivity index (χ2n) is 7.66. The van der Waals surface area contributed by atoms with Crippen molar-refractivity contribution in [3.05, 3.63) is 59.0 Å². The van der Waals surface area contributed by atoms with E-state index in [9.17, 15) is 4.79 Å². The van der Waals surface area contributed by atoms with Crippen molar-refractivity contribution in [2.45, 2.75) is 59.0 Å². The van der Waals surface area contributed by atoms with Crippen LogP contribution in [-0.2, 0) is 17.8 Å². The van der Waals surface area contributed by atoms with E-state index in [-0.39, 0.29) is 17.9 Å². The van der Waals surface area contributed by atoms with Crippen LogP contribution in [0.2, 0.25) is 0 Å². The summed E-state index contributed by atoms with van der Waals surface area (Å²) in [7, 11) is 0. The molecule has 3 heterocycles. The third-order valence-corrected chi connectivity index (χ3v) is 5.14. The number of benzene rings is 1. The number of rotatable bonds is 5. The van der Waals surface area contributed by atoms with Crippen molar-refractivity contribution in [3.63, 3.8) is 0 Å². The Hall–Kier alpha value is -2.96. The van der Waals surface area contributed by atoms with E-state index in [1.165, 1.54) is 0 Å². The van der Waals surface area contributed by atoms with Crippen molar-refractivity contribution in [2.75, 3.05) is 4.90 Å². The van der Waals surface area contributed by atoms with E-state index < -0.39 is 0 Å². The van der Waals surface area contributed by atoms with Gasteiger partial charge in [0.25, 0.3) is 0 Å². The van der Waals surface area contributed by atoms with Gasteiger partial charge in [-0.3, -0.25) is 9.48 Å². The Kier molecular flexibility index (Phi) is 4.75. The van der Waals surface area contributed by atoms with Crippen molar-refractivity contribution in [1.82, 2.24) is 19.9 Å². The Labute approximate surface area is 164 Å². The first kappa shape index (κ1) is 18.4. The van der Waals surface area contributed by atoms with Gasteiger partial charge in [0.05, 0.1) is 5.69 Å². The summed E-state index contributed by atoms with van der Waals surface area (Å²) in [5.41, 5.74) is 4.08. The molecule has 4 rings (SSSR count). The zero-order chi connectivity index (χ0) is 19.8. The fourth-order valence-electron chi connectivity index (χ4n) is 3.74. The first-order chi connectivity index (χ1) is 13.4. The maximum absolute atomic E-state index is 13.2. The summed E-state index contributed by atoms with van der Waals surface area (Å²) in [5.74, 6) is 1.36. The summed E-state index contributed by atoms with van der Waals surface area (Å²) in [5, 5.41) is 8.63. The van der Waals surface area contributed by atoms with Crippen LogP contribution in [0.5, 0.6) is 0 Å². The molecule has 7 nitrogen and oxygen atoms in total. The van der Waals surface area contributed by atoms with Gasteiger partial charge >= 0.3 is 0 Å². The van der Waals surface area contributed by atoms with Gasteiger partial charge in [0.2, 0.25) is 11.8 Å². The lowest BCUT2D eigenvalue weighted by Crippen LogP contribution is -2.33. The van der Waals surface area contributed by atoms with Crippen LogP contribution >= 0.6 is 0 Å². The third-order valence-electron chi connectivity index (χ3n) is 5.14. The molecule has 0 aliphatic carbocycles. The SMILES string of the molecule is Cc1cc(C)n(CCC(=O)N2c3ccccc3CC2c2noc(C(C)C)n2)n1. The zero-order valence-corrected chi connectivity index (χ0v) is 16.7. The highest BCUT2D eigenvalue weighted by atomic mass is 16.5. The number of fused-ring (bicyclic) bond motifs is 1. The normalized spacial score (nSPS) is 16.0. The highest BCUT2D eigenvalue weighted by molar-refractivity contribution is 5.96. The van der Waals surface area contributed by atoms with Gasteiger partial charge in [-0.1, -0.05) is 37.2 Å². The third kappa shape index (κ3) is 3.32. The molecule has 0 N–H and O–H groups in total. The Morgan fingerprint density at radius 2 is 2.07 bits per heavy atom. The van der Waals surface area contributed by atoms with Gasteiger partial charge in [0.15, 0.2) is 5.82 Å². The van der Waals surface area contributed by atoms with E-state index in [1.54, 1.807) is 0 Å². The van der Waals surface area contributed by atoms with E-state index in [0.717, 1.165) is 22.6 Å². The van der Waals surface area contributed by atoms with Crippen LogP contribution in [0.15, 0.2) is 34.9 Å². The van der Waals surface area contributed by atoms with Gasteiger partial charge in [-0.2, -0.15) is 10.1 Å². The summed E-state index contributed by atoms with van der Waals surface area (Å²) in [4.78, 5) is 19.6. The number of para-hydroxylation sites is 1. The molecule has 0 saturated heterocycles. The van der Waals surface area contributed by atoms with Crippen molar-refractivity contribution in [1.29, 1.82) is 0 Å². The lowest BCUT2D eigenvalue weighted by atomic mass is 10.1. The van der Waals surface area contributed by atoms with Gasteiger partial charge in [-0.25, -0.2) is 0 Å². The van der Waals surface area contributed by atoms with Crippen molar-refractivity contribution >= 4 is 11.6 Å². The smallest absolute Gasteiger partial charge is 0.229 e. The van der Waals surface area contributed by atoms with E-state index >= 15 is 0 Å². The summed E-state index contributed by atoms with van der Waals surface area (Å²) in [6.07, 6.45) is 1.06. The first-order valence-corrected chi connectivity index (χ1v) is 9.68. The fraction of sp³-hybridized carbons (Fsp3) is 0.429. The zero-order valence-electron chi connectivity index (χ0n) is 16.7. The first-order valence-electron chi connectivity index (χ1n) is 9.68. The summed E-state index contributed by atoms with van der Waals surface area (Å²) < 4.78 is 7.28. The van der Waals surface area contributed by atoms with Crippen molar-refractivity contribution in [3.8, 4) is 0 Å². The molecule has 3 aromatic rings. The molecule has 1 aliphatic rings. The summed E-state index contributed by atoms with van der Waals surface area (Å²) >= 11 is 0. The number of aromatic nitrogens is 4. The van der Waals surface area contributed by atoms with E-state index in [4.69, 9.17) is 4.52 Å². The number of hydrogen-bond acceptors (Lipinski definition) is 5. The molecule has 2 aromatic heterocycles. The quantitative estimate of drug-likeness (QED) is 0.675. The lowest BCUT2D eigenvalue weighted by Gasteiger charge is -2.23. The van der Waals surface area contributed by atoms with Gasteiger partial charge in [0, 0.05) is 36.7 Å². The standard InChI is InChI=1S/C21H25N5O2/c1-13(2)21-22-20(24-28-21)18-12-16-7-5-6-8-17(16)26(18)19(27)9-10-25-15(4)11-14(3)23-25/h5-8,11,13,18H,9-10,12H2,1-4H3. The predicted octanol–water partition coefficient (Wildman–Crippen LogP) is 3.73. The molecule has 1 unspecified atom stereocenters. The number of carbonyl (C=O) groups is 1. The summed E-state index contributed by atoms with van der Waals surface area (Å²) in [6.45, 7) is 8.54. The van der Waals surface area contributed by atoms with Crippen LogP contribution in [0.25, 0.3) is 0 Å². The molecular formula is C21H25N5O2. The number of nitrogens with zero attached hydrogens (tertiary/aromatic N) is 5. The maximum Gasteiger partial charge on any atom is 0.229 e. The highest BCUT2D eigenvalue weighted by Crippen LogP contribution is 2.40. The second kappa shape index (κ2) is 7.22. The fourth-order valence-corrected chi connectivity index (χ4v) is 3.74. The van der Waals surface area contributed by atoms with Gasteiger partial charge in [0.1, 0.15) is 6.04 Å². The molecule has 7 heteroatoms. The second-order valence-corrected chi connectivity index (χ2v) is 7.66. The average molecular weight is 379 g/mol. The maximum atomic E-state index is 13.2. The molecule has 0 radical (unpaired) electrons. The van der Waals surface area contributed by atoms with Crippen molar-refractivity contribution < 1.29 is 9.32 Å². The molecule has 146 valence electrons. The van der Waals surface area contributed by atoms with Crippen LogP contribution in [0, 0.1) is 13.8 Å². The molecule has 0 spiro atoms. The molecule has 1 amide bonds. The largest absolute Gasteiger partial charge is 0.339 e. The van der Waals surface area contributed by atoms with Gasteiger partial charge < -0.3 is 9.42 Å². The van der Waals surface area contributed by atoms with Crippen LogP contribution in [0.4, 0.5) is 5.69 Å². The van der Waals surface area contributed by atoms with Gasteiger partial charge in [-0.15, -0.1) is 0 Å². The molecule has 1 aliphatic heterocycles. The van der Waals surface area contributed by atoms with Crippen LogP contribution in [0.1, 0.15) is 60.9 Å². The Balaban J connectivity index is 1.60. The Morgan fingerprint density at radius 1 is 1.29 bits per heavy atom. The minimum absolute atomic E-state index is 0.0402. The minimum Gasteiger partial charge on any atom is -0.339 e. The van der Waals surface area contributed by atoms with Crippen LogP contribution < -0.4 is 4.90 Å². The van der Waals surface area contributed by atoms with Crippen LogP contribution in [-0.4, -0.2) is 25.8 Å². The minimum atomic E-state index is -0.235. The van der Waals surface area contributed by atoms with Gasteiger partial charge in [-0.05, 0) is 31.5 Å². The topological polar surface area (TPSA) is 77.0 Å². The Morgan fingerprint density at radius 3 is 2.75 bits per heavy atom. The molecule has 0 saturated carbocycles. The predicted molar refractivity (Wildman–Crippen MR) is 105 cm³/mol. The molecule has 1 atom stereocenters. The highest BCUT2D eigenvalue weighted by Gasteiger charge is 2.37. The number of amides is 1. The van der Waals surface area contributed by atoms with E-state index in [2.05, 4.69) is 21.3 Å². The molecule has 0 bridgehead atoms. The Bertz CT molecular complexity index is 1000. The van der Waals surface area contributed by atoms with E-state index in [0.29, 0.717) is 31.1 Å². The molecule has 0 fully saturated rings. The molecular weight excluding hydrogens is 354 g/mol. The van der Waals surface area contributed by atoms with Crippen molar-refractivity contribution in [2.24, 2.45) is 0 Å².